The number of aromatic nitrogens is 1. The molecule has 1 aromatic carbocycles. The first kappa shape index (κ1) is 15.8. The summed E-state index contributed by atoms with van der Waals surface area (Å²) in [6, 6.07) is 13.5. The van der Waals surface area contributed by atoms with Gasteiger partial charge in [0.05, 0.1) is 6.04 Å². The molecule has 122 valence electrons. The van der Waals surface area contributed by atoms with E-state index in [0.717, 1.165) is 11.3 Å². The fourth-order valence-corrected chi connectivity index (χ4v) is 3.76. The summed E-state index contributed by atoms with van der Waals surface area (Å²) in [6.45, 7) is 2.77. The van der Waals surface area contributed by atoms with Crippen molar-refractivity contribution in [2.45, 2.75) is 19.5 Å². The van der Waals surface area contributed by atoms with Gasteiger partial charge in [0.1, 0.15) is 5.75 Å². The molecular weight excluding hydrogens is 312 g/mol. The molecule has 0 aliphatic carbocycles. The van der Waals surface area contributed by atoms with E-state index in [9.17, 15) is 13.2 Å². The quantitative estimate of drug-likeness (QED) is 0.858. The summed E-state index contributed by atoms with van der Waals surface area (Å²) in [4.78, 5) is 14.3. The molecule has 1 aliphatic heterocycles. The van der Waals surface area contributed by atoms with Crippen LogP contribution in [0.25, 0.3) is 0 Å². The average molecular weight is 332 g/mol. The van der Waals surface area contributed by atoms with Gasteiger partial charge in [-0.3, -0.25) is 4.79 Å². The predicted molar refractivity (Wildman–Crippen MR) is 88.8 cm³/mol. The first-order valence-electron chi connectivity index (χ1n) is 7.71. The van der Waals surface area contributed by atoms with Crippen LogP contribution in [0.4, 0.5) is 0 Å². The van der Waals surface area contributed by atoms with Crippen molar-refractivity contribution in [2.75, 3.05) is 18.1 Å². The largest absolute Gasteiger partial charge is 0.348 e. The summed E-state index contributed by atoms with van der Waals surface area (Å²) < 4.78 is 25.8. The minimum atomic E-state index is -3.34. The first-order valence-corrected chi connectivity index (χ1v) is 9.54. The molecule has 1 aromatic heterocycles. The van der Waals surface area contributed by atoms with E-state index in [1.54, 1.807) is 11.8 Å². The molecule has 0 radical (unpaired) electrons. The van der Waals surface area contributed by atoms with Crippen molar-refractivity contribution in [3.8, 4) is 0 Å². The van der Waals surface area contributed by atoms with Crippen LogP contribution >= 0.6 is 0 Å². The Morgan fingerprint density at radius 1 is 1.13 bits per heavy atom. The normalized spacial score (nSPS) is 17.8. The van der Waals surface area contributed by atoms with Crippen LogP contribution in [0.2, 0.25) is 0 Å². The van der Waals surface area contributed by atoms with Crippen molar-refractivity contribution in [1.82, 2.24) is 9.47 Å². The van der Waals surface area contributed by atoms with Crippen LogP contribution in [0.5, 0.6) is 0 Å². The summed E-state index contributed by atoms with van der Waals surface area (Å²) >= 11 is 0. The number of carbonyl (C=O) groups excluding carboxylic acids is 1. The highest BCUT2D eigenvalue weighted by Gasteiger charge is 2.33. The van der Waals surface area contributed by atoms with Crippen molar-refractivity contribution in [3.05, 3.63) is 59.9 Å². The number of carbonyl (C=O) groups is 1. The molecule has 6 heteroatoms. The zero-order valence-electron chi connectivity index (χ0n) is 13.1. The third-order valence-corrected chi connectivity index (χ3v) is 5.82. The fourth-order valence-electron chi connectivity index (χ4n) is 3.01. The van der Waals surface area contributed by atoms with Gasteiger partial charge in [0.2, 0.25) is 5.91 Å². The van der Waals surface area contributed by atoms with Crippen molar-refractivity contribution in [3.63, 3.8) is 0 Å². The van der Waals surface area contributed by atoms with Gasteiger partial charge in [0.25, 0.3) is 0 Å². The molecule has 0 saturated heterocycles. The van der Waals surface area contributed by atoms with E-state index in [4.69, 9.17) is 0 Å². The van der Waals surface area contributed by atoms with Gasteiger partial charge < -0.3 is 9.47 Å². The minimum Gasteiger partial charge on any atom is -0.348 e. The second-order valence-corrected chi connectivity index (χ2v) is 8.06. The maximum Gasteiger partial charge on any atom is 0.238 e. The second-order valence-electron chi connectivity index (χ2n) is 5.70. The van der Waals surface area contributed by atoms with Crippen molar-refractivity contribution in [2.24, 2.45) is 0 Å². The number of nitrogens with zero attached hydrogens (tertiary/aromatic N) is 2. The van der Waals surface area contributed by atoms with Crippen molar-refractivity contribution in [1.29, 1.82) is 0 Å². The van der Waals surface area contributed by atoms with E-state index in [-0.39, 0.29) is 17.7 Å². The van der Waals surface area contributed by atoms with Gasteiger partial charge in [0, 0.05) is 30.7 Å². The van der Waals surface area contributed by atoms with Crippen molar-refractivity contribution < 1.29 is 13.2 Å². The lowest BCUT2D eigenvalue weighted by Crippen LogP contribution is -2.44. The molecule has 1 atom stereocenters. The van der Waals surface area contributed by atoms with Gasteiger partial charge in [-0.25, -0.2) is 8.42 Å². The molecule has 0 N–H and O–H groups in total. The van der Waals surface area contributed by atoms with Crippen LogP contribution in [0.1, 0.15) is 24.2 Å². The Kier molecular flexibility index (Phi) is 4.26. The van der Waals surface area contributed by atoms with E-state index < -0.39 is 15.6 Å². The summed E-state index contributed by atoms with van der Waals surface area (Å²) in [5, 5.41) is 0. The van der Waals surface area contributed by atoms with E-state index in [0.29, 0.717) is 13.1 Å². The lowest BCUT2D eigenvalue weighted by atomic mass is 10.00. The number of rotatable bonds is 4. The number of sulfone groups is 1. The smallest absolute Gasteiger partial charge is 0.238 e. The molecule has 0 spiro atoms. The van der Waals surface area contributed by atoms with Crippen LogP contribution < -0.4 is 0 Å². The van der Waals surface area contributed by atoms with Crippen LogP contribution in [0.3, 0.4) is 0 Å². The Morgan fingerprint density at radius 2 is 1.87 bits per heavy atom. The Labute approximate surface area is 136 Å². The molecule has 0 bridgehead atoms. The summed E-state index contributed by atoms with van der Waals surface area (Å²) in [5.74, 6) is -0.764. The molecule has 23 heavy (non-hydrogen) atoms. The lowest BCUT2D eigenvalue weighted by Gasteiger charge is -2.37. The summed E-state index contributed by atoms with van der Waals surface area (Å²) in [6.07, 6.45) is 2.00. The Balaban J connectivity index is 1.98. The highest BCUT2D eigenvalue weighted by Crippen LogP contribution is 2.32. The topological polar surface area (TPSA) is 59.4 Å². The fraction of sp³-hybridized carbons (Fsp3) is 0.353. The lowest BCUT2D eigenvalue weighted by molar-refractivity contribution is -0.131. The number of amides is 1. The van der Waals surface area contributed by atoms with Gasteiger partial charge in [0.15, 0.2) is 9.84 Å². The standard InChI is InChI=1S/C17H20N2O3S/c1-2-23(21,22)13-16(20)19-12-11-18-10-6-9-15(18)17(19)14-7-4-3-5-8-14/h3-10,17H,2,11-13H2,1H3/t17-/m1/s1. The molecular formula is C17H20N2O3S. The Morgan fingerprint density at radius 3 is 2.57 bits per heavy atom. The Bertz CT molecular complexity index is 796. The molecule has 0 unspecified atom stereocenters. The third-order valence-electron chi connectivity index (χ3n) is 4.26. The van der Waals surface area contributed by atoms with Crippen molar-refractivity contribution >= 4 is 15.7 Å². The third kappa shape index (κ3) is 3.17. The summed E-state index contributed by atoms with van der Waals surface area (Å²) in [7, 11) is -3.34. The molecule has 5 nitrogen and oxygen atoms in total. The molecule has 3 rings (SSSR count). The zero-order chi connectivity index (χ0) is 16.4. The summed E-state index contributed by atoms with van der Waals surface area (Å²) in [5.41, 5.74) is 2.01. The maximum atomic E-state index is 12.6. The monoisotopic (exact) mass is 332 g/mol. The van der Waals surface area contributed by atoms with Gasteiger partial charge in [-0.1, -0.05) is 37.3 Å². The number of benzene rings is 1. The molecule has 1 aliphatic rings. The highest BCUT2D eigenvalue weighted by molar-refractivity contribution is 7.92. The predicted octanol–water partition coefficient (Wildman–Crippen LogP) is 1.85. The number of hydrogen-bond donors (Lipinski definition) is 0. The second kappa shape index (κ2) is 6.20. The minimum absolute atomic E-state index is 0.0149. The number of fused-ring (bicyclic) bond motifs is 1. The highest BCUT2D eigenvalue weighted by atomic mass is 32.2. The van der Waals surface area contributed by atoms with Gasteiger partial charge in [-0.15, -0.1) is 0 Å². The van der Waals surface area contributed by atoms with Crippen LogP contribution in [0.15, 0.2) is 48.7 Å². The first-order chi connectivity index (χ1) is 11.0. The average Bonchev–Trinajstić information content (AvgIpc) is 3.03. The van der Waals surface area contributed by atoms with E-state index in [1.165, 1.54) is 0 Å². The van der Waals surface area contributed by atoms with Gasteiger partial charge in [-0.05, 0) is 17.7 Å². The molecule has 1 amide bonds. The molecule has 2 heterocycles. The van der Waals surface area contributed by atoms with Crippen LogP contribution in [-0.4, -0.2) is 41.8 Å². The van der Waals surface area contributed by atoms with E-state index in [1.807, 2.05) is 48.7 Å². The SMILES string of the molecule is CCS(=O)(=O)CC(=O)N1CCn2cccc2[C@H]1c1ccccc1. The number of hydrogen-bond acceptors (Lipinski definition) is 3. The Hall–Kier alpha value is -2.08. The van der Waals surface area contributed by atoms with Crippen LogP contribution in [0, 0.1) is 0 Å². The van der Waals surface area contributed by atoms with Gasteiger partial charge in [-0.2, -0.15) is 0 Å². The zero-order valence-corrected chi connectivity index (χ0v) is 13.9. The van der Waals surface area contributed by atoms with Crippen LogP contribution in [-0.2, 0) is 21.2 Å². The van der Waals surface area contributed by atoms with Gasteiger partial charge >= 0.3 is 0 Å². The molecule has 2 aromatic rings. The molecule has 0 fully saturated rings. The molecule has 0 saturated carbocycles. The maximum absolute atomic E-state index is 12.6. The van der Waals surface area contributed by atoms with E-state index in [2.05, 4.69) is 4.57 Å². The van der Waals surface area contributed by atoms with E-state index >= 15 is 0 Å².